The molecule has 0 unspecified atom stereocenters. The Balaban J connectivity index is 1.48. The summed E-state index contributed by atoms with van der Waals surface area (Å²) < 4.78 is 10.6. The van der Waals surface area contributed by atoms with Crippen molar-refractivity contribution in [1.29, 1.82) is 0 Å². The van der Waals surface area contributed by atoms with Gasteiger partial charge in [-0.05, 0) is 31.2 Å². The predicted molar refractivity (Wildman–Crippen MR) is 153 cm³/mol. The summed E-state index contributed by atoms with van der Waals surface area (Å²) in [6, 6.07) is 9.89. The van der Waals surface area contributed by atoms with Crippen molar-refractivity contribution in [3.8, 4) is 11.4 Å². The number of carboxylic acids is 1. The Morgan fingerprint density at radius 3 is 2.45 bits per heavy atom. The normalized spacial score (nSPS) is 18.7. The number of amides is 3. The number of hydrogen-bond donors (Lipinski definition) is 2. The standard InChI is InChI=1S/C30H39N5O7/c1-3-4-16-42-30(40)35-14-12-34(13-15-35)29(39)23(10-11-26(36)37)33-28(38)25-18-24(22-17-21(22)19-41-2)31-27(32-25)20-8-6-5-7-9-20/h5-9,18,21-23H,3-4,10-17,19H2,1-2H3,(H,33,38)(H,36,37)/t21-,22+,23+/m1/s1. The zero-order chi connectivity index (χ0) is 30.1. The molecule has 1 saturated heterocycles. The molecule has 12 nitrogen and oxygen atoms in total. The number of methoxy groups -OCH3 is 1. The molecular weight excluding hydrogens is 542 g/mol. The average molecular weight is 582 g/mol. The summed E-state index contributed by atoms with van der Waals surface area (Å²) in [5.74, 6) is -1.22. The highest BCUT2D eigenvalue weighted by Gasteiger charge is 2.40. The smallest absolute Gasteiger partial charge is 0.409 e. The SMILES string of the molecule is CCCCOC(=O)N1CCN(C(=O)[C@H](CCC(=O)O)NC(=O)c2cc([C@H]3C[C@@H]3COC)nc(-c3ccccc3)n2)CC1. The highest BCUT2D eigenvalue weighted by atomic mass is 16.6. The van der Waals surface area contributed by atoms with Crippen LogP contribution in [0.1, 0.15) is 61.1 Å². The lowest BCUT2D eigenvalue weighted by Gasteiger charge is -2.36. The first-order valence-electron chi connectivity index (χ1n) is 14.5. The van der Waals surface area contributed by atoms with E-state index in [1.807, 2.05) is 37.3 Å². The second-order valence-electron chi connectivity index (χ2n) is 10.7. The number of benzene rings is 1. The van der Waals surface area contributed by atoms with E-state index in [9.17, 15) is 24.3 Å². The number of aliphatic carboxylic acids is 1. The van der Waals surface area contributed by atoms with Crippen LogP contribution in [0.2, 0.25) is 0 Å². The van der Waals surface area contributed by atoms with E-state index in [1.165, 1.54) is 0 Å². The number of rotatable bonds is 13. The lowest BCUT2D eigenvalue weighted by Crippen LogP contribution is -2.56. The lowest BCUT2D eigenvalue weighted by atomic mass is 10.1. The maximum absolute atomic E-state index is 13.5. The minimum absolute atomic E-state index is 0.0821. The van der Waals surface area contributed by atoms with Crippen LogP contribution < -0.4 is 5.32 Å². The molecule has 3 amide bonds. The summed E-state index contributed by atoms with van der Waals surface area (Å²) in [5.41, 5.74) is 1.59. The first kappa shape index (κ1) is 30.9. The third-order valence-corrected chi connectivity index (χ3v) is 7.52. The van der Waals surface area contributed by atoms with E-state index in [2.05, 4.69) is 10.3 Å². The Labute approximate surface area is 245 Å². The summed E-state index contributed by atoms with van der Waals surface area (Å²) >= 11 is 0. The number of carboxylic acid groups (broad SMARTS) is 1. The zero-order valence-corrected chi connectivity index (χ0v) is 24.2. The van der Waals surface area contributed by atoms with E-state index >= 15 is 0 Å². The Kier molecular flexibility index (Phi) is 10.8. The van der Waals surface area contributed by atoms with Crippen molar-refractivity contribution in [2.75, 3.05) is 46.5 Å². The van der Waals surface area contributed by atoms with Crippen LogP contribution in [0.3, 0.4) is 0 Å². The summed E-state index contributed by atoms with van der Waals surface area (Å²) in [6.07, 6.45) is 1.79. The van der Waals surface area contributed by atoms with Crippen LogP contribution in [0.25, 0.3) is 11.4 Å². The van der Waals surface area contributed by atoms with Gasteiger partial charge in [0.15, 0.2) is 5.82 Å². The third kappa shape index (κ3) is 8.25. The molecule has 0 bridgehead atoms. The maximum Gasteiger partial charge on any atom is 0.409 e. The summed E-state index contributed by atoms with van der Waals surface area (Å²) in [6.45, 7) is 4.02. The lowest BCUT2D eigenvalue weighted by molar-refractivity contribution is -0.138. The van der Waals surface area contributed by atoms with Gasteiger partial charge in [-0.1, -0.05) is 43.7 Å². The van der Waals surface area contributed by atoms with E-state index in [-0.39, 0.29) is 50.6 Å². The zero-order valence-electron chi connectivity index (χ0n) is 24.2. The van der Waals surface area contributed by atoms with E-state index in [1.54, 1.807) is 23.0 Å². The number of piperazine rings is 1. The van der Waals surface area contributed by atoms with Crippen LogP contribution in [0.5, 0.6) is 0 Å². The Morgan fingerprint density at radius 2 is 1.79 bits per heavy atom. The van der Waals surface area contributed by atoms with Crippen molar-refractivity contribution in [1.82, 2.24) is 25.1 Å². The molecule has 2 N–H and O–H groups in total. The van der Waals surface area contributed by atoms with E-state index < -0.39 is 29.9 Å². The van der Waals surface area contributed by atoms with Gasteiger partial charge in [0.25, 0.3) is 5.91 Å². The van der Waals surface area contributed by atoms with Gasteiger partial charge >= 0.3 is 12.1 Å². The molecule has 2 heterocycles. The molecule has 1 aliphatic heterocycles. The molecule has 2 fully saturated rings. The molecule has 226 valence electrons. The molecule has 0 radical (unpaired) electrons. The number of ether oxygens (including phenoxy) is 2. The first-order valence-corrected chi connectivity index (χ1v) is 14.5. The van der Waals surface area contributed by atoms with Crippen molar-refractivity contribution in [3.63, 3.8) is 0 Å². The van der Waals surface area contributed by atoms with Gasteiger partial charge in [0.2, 0.25) is 5.91 Å². The van der Waals surface area contributed by atoms with Crippen molar-refractivity contribution >= 4 is 23.9 Å². The Hall–Kier alpha value is -4.06. The van der Waals surface area contributed by atoms with Gasteiger partial charge in [0.1, 0.15) is 11.7 Å². The Morgan fingerprint density at radius 1 is 1.07 bits per heavy atom. The number of carbonyl (C=O) groups excluding carboxylic acids is 3. The van der Waals surface area contributed by atoms with Gasteiger partial charge in [-0.15, -0.1) is 0 Å². The molecule has 2 aromatic rings. The monoisotopic (exact) mass is 581 g/mol. The molecule has 0 spiro atoms. The van der Waals surface area contributed by atoms with Crippen molar-refractivity contribution in [3.05, 3.63) is 47.8 Å². The molecule has 1 aromatic carbocycles. The first-order chi connectivity index (χ1) is 20.3. The van der Waals surface area contributed by atoms with Crippen LogP contribution in [-0.4, -0.2) is 101 Å². The van der Waals surface area contributed by atoms with Crippen molar-refractivity contribution in [2.45, 2.75) is 51.0 Å². The fourth-order valence-corrected chi connectivity index (χ4v) is 4.98. The molecule has 1 saturated carbocycles. The number of unbranched alkanes of at least 4 members (excludes halogenated alkanes) is 1. The van der Waals surface area contributed by atoms with E-state index in [0.29, 0.717) is 25.0 Å². The van der Waals surface area contributed by atoms with Crippen LogP contribution in [-0.2, 0) is 19.1 Å². The Bertz CT molecular complexity index is 1250. The number of nitrogens with zero attached hydrogens (tertiary/aromatic N) is 4. The number of hydrogen-bond acceptors (Lipinski definition) is 8. The van der Waals surface area contributed by atoms with E-state index in [0.717, 1.165) is 30.5 Å². The van der Waals surface area contributed by atoms with Gasteiger partial charge in [0.05, 0.1) is 6.61 Å². The topological polar surface area (TPSA) is 151 Å². The largest absolute Gasteiger partial charge is 0.481 e. The molecule has 1 aliphatic carbocycles. The van der Waals surface area contributed by atoms with Crippen LogP contribution in [0.4, 0.5) is 4.79 Å². The van der Waals surface area contributed by atoms with Crippen molar-refractivity contribution < 1.29 is 33.8 Å². The number of aromatic nitrogens is 2. The van der Waals surface area contributed by atoms with Crippen molar-refractivity contribution in [2.24, 2.45) is 5.92 Å². The highest BCUT2D eigenvalue weighted by molar-refractivity contribution is 5.96. The van der Waals surface area contributed by atoms with E-state index in [4.69, 9.17) is 14.5 Å². The van der Waals surface area contributed by atoms with Gasteiger partial charge in [0, 0.05) is 63.5 Å². The summed E-state index contributed by atoms with van der Waals surface area (Å²) in [4.78, 5) is 63.0. The fraction of sp³-hybridized carbons (Fsp3) is 0.533. The summed E-state index contributed by atoms with van der Waals surface area (Å²) in [7, 11) is 1.65. The molecular formula is C30H39N5O7. The quantitative estimate of drug-likeness (QED) is 0.340. The van der Waals surface area contributed by atoms with Crippen LogP contribution >= 0.6 is 0 Å². The van der Waals surface area contributed by atoms with Gasteiger partial charge in [-0.3, -0.25) is 14.4 Å². The molecule has 12 heteroatoms. The van der Waals surface area contributed by atoms with Crippen LogP contribution in [0.15, 0.2) is 36.4 Å². The molecule has 2 aliphatic rings. The molecule has 3 atom stereocenters. The maximum atomic E-state index is 13.5. The fourth-order valence-electron chi connectivity index (χ4n) is 4.98. The average Bonchev–Trinajstić information content (AvgIpc) is 3.78. The predicted octanol–water partition coefficient (Wildman–Crippen LogP) is 2.94. The van der Waals surface area contributed by atoms with Gasteiger partial charge in [-0.2, -0.15) is 0 Å². The second-order valence-corrected chi connectivity index (χ2v) is 10.7. The number of nitrogens with one attached hydrogen (secondary N) is 1. The molecule has 42 heavy (non-hydrogen) atoms. The second kappa shape index (κ2) is 14.7. The minimum Gasteiger partial charge on any atom is -0.481 e. The summed E-state index contributed by atoms with van der Waals surface area (Å²) in [5, 5.41) is 12.0. The van der Waals surface area contributed by atoms with Gasteiger partial charge < -0.3 is 29.7 Å². The third-order valence-electron chi connectivity index (χ3n) is 7.52. The number of carbonyl (C=O) groups is 4. The van der Waals surface area contributed by atoms with Gasteiger partial charge in [-0.25, -0.2) is 14.8 Å². The molecule has 4 rings (SSSR count). The molecule has 1 aromatic heterocycles. The minimum atomic E-state index is -1.07. The van der Waals surface area contributed by atoms with Crippen LogP contribution in [0, 0.1) is 5.92 Å². The highest BCUT2D eigenvalue weighted by Crippen LogP contribution is 2.47.